The first-order valence-corrected chi connectivity index (χ1v) is 37.8. The molecule has 0 radical (unpaired) electrons. The molecular formula is C91H78N18O7. The molecule has 3 amide bonds. The number of carbonyl (C=O) groups excluding carboxylic acids is 3. The van der Waals surface area contributed by atoms with Gasteiger partial charge in [0.2, 0.25) is 5.56 Å². The zero-order valence-electron chi connectivity index (χ0n) is 65.2. The van der Waals surface area contributed by atoms with Crippen molar-refractivity contribution in [3.05, 3.63) is 340 Å². The fraction of sp³-hybridized carbons (Fsp3) is 0.187. The van der Waals surface area contributed by atoms with Gasteiger partial charge in [0, 0.05) is 126 Å². The molecule has 1 aliphatic rings. The summed E-state index contributed by atoms with van der Waals surface area (Å²) in [4.78, 5) is 111. The summed E-state index contributed by atoms with van der Waals surface area (Å²) < 4.78 is 13.2. The van der Waals surface area contributed by atoms with Gasteiger partial charge >= 0.3 is 0 Å². The monoisotopic (exact) mass is 1530 g/mol. The van der Waals surface area contributed by atoms with Gasteiger partial charge in [-0.15, -0.1) is 0 Å². The number of carbonyl (C=O) groups is 3. The number of nitrogens with one attached hydrogen (secondary N) is 3. The van der Waals surface area contributed by atoms with Crippen molar-refractivity contribution in [1.29, 1.82) is 0 Å². The normalized spacial score (nSPS) is 12.5. The maximum Gasteiger partial charge on any atom is 0.264 e. The van der Waals surface area contributed by atoms with E-state index in [0.29, 0.717) is 117 Å². The molecule has 5 aromatic carbocycles. The average Bonchev–Trinajstić information content (AvgIpc) is 0.956. The van der Waals surface area contributed by atoms with Crippen LogP contribution in [0.4, 0.5) is 0 Å². The third-order valence-corrected chi connectivity index (χ3v) is 20.0. The van der Waals surface area contributed by atoms with Crippen LogP contribution in [0.3, 0.4) is 0 Å². The number of benzene rings is 5. The molecule has 1 saturated carbocycles. The number of nitrogens with zero attached hydrogens (tertiary/aromatic N) is 15. The number of amides is 3. The highest BCUT2D eigenvalue weighted by Gasteiger charge is 2.32. The highest BCUT2D eigenvalue weighted by molar-refractivity contribution is 6.03. The van der Waals surface area contributed by atoms with Gasteiger partial charge in [0.15, 0.2) is 16.9 Å². The predicted octanol–water partition coefficient (Wildman–Crippen LogP) is 12.1. The quantitative estimate of drug-likeness (QED) is 0.0959. The van der Waals surface area contributed by atoms with Gasteiger partial charge in [-0.3, -0.25) is 42.7 Å². The summed E-state index contributed by atoms with van der Waals surface area (Å²) in [7, 11) is 3.55. The second kappa shape index (κ2) is 32.3. The van der Waals surface area contributed by atoms with E-state index in [-0.39, 0.29) is 51.9 Å². The first-order chi connectivity index (χ1) is 56.1. The number of fused-ring (bicyclic) bond motifs is 6. The van der Waals surface area contributed by atoms with Crippen LogP contribution in [0.15, 0.2) is 239 Å². The molecule has 3 atom stereocenters. The number of rotatable bonds is 12. The van der Waals surface area contributed by atoms with Crippen LogP contribution in [0.2, 0.25) is 0 Å². The average molecular weight is 1540 g/mol. The first-order valence-electron chi connectivity index (χ1n) is 37.8. The van der Waals surface area contributed by atoms with E-state index in [0.717, 1.165) is 35.0 Å². The fourth-order valence-corrected chi connectivity index (χ4v) is 14.3. The van der Waals surface area contributed by atoms with Crippen molar-refractivity contribution in [2.45, 2.75) is 92.4 Å². The van der Waals surface area contributed by atoms with Gasteiger partial charge in [0.25, 0.3) is 34.4 Å². The van der Waals surface area contributed by atoms with Crippen molar-refractivity contribution in [2.75, 3.05) is 0 Å². The van der Waals surface area contributed by atoms with Crippen LogP contribution >= 0.6 is 0 Å². The van der Waals surface area contributed by atoms with Gasteiger partial charge in [0.1, 0.15) is 22.4 Å². The summed E-state index contributed by atoms with van der Waals surface area (Å²) in [5.74, 6) is 18.1. The summed E-state index contributed by atoms with van der Waals surface area (Å²) in [6, 6.07) is 48.6. The van der Waals surface area contributed by atoms with Gasteiger partial charge in [-0.25, -0.2) is 33.5 Å². The lowest BCUT2D eigenvalue weighted by atomic mass is 10.0. The van der Waals surface area contributed by atoms with Crippen LogP contribution in [0, 0.1) is 62.2 Å². The third-order valence-electron chi connectivity index (χ3n) is 20.0. The Morgan fingerprint density at radius 1 is 0.448 bits per heavy atom. The summed E-state index contributed by atoms with van der Waals surface area (Å²) >= 11 is 0. The Morgan fingerprint density at radius 3 is 1.28 bits per heavy atom. The minimum absolute atomic E-state index is 0.0835. The van der Waals surface area contributed by atoms with Crippen molar-refractivity contribution >= 4 is 67.0 Å². The molecular weight excluding hydrogens is 1460 g/mol. The lowest BCUT2D eigenvalue weighted by Gasteiger charge is -2.21. The van der Waals surface area contributed by atoms with Crippen LogP contribution in [0.25, 0.3) is 60.6 Å². The van der Waals surface area contributed by atoms with Gasteiger partial charge in [0.05, 0.1) is 63.9 Å². The number of para-hydroxylation sites is 2. The van der Waals surface area contributed by atoms with E-state index in [4.69, 9.17) is 0 Å². The van der Waals surface area contributed by atoms with E-state index in [2.05, 4.69) is 86.7 Å². The van der Waals surface area contributed by atoms with Crippen molar-refractivity contribution < 1.29 is 14.4 Å². The van der Waals surface area contributed by atoms with Crippen molar-refractivity contribution in [1.82, 2.24) is 87.6 Å². The lowest BCUT2D eigenvalue weighted by molar-refractivity contribution is 0.0930. The second-order valence-electron chi connectivity index (χ2n) is 28.7. The Bertz CT molecular complexity index is 7080. The largest absolute Gasteiger partial charge is 0.344 e. The van der Waals surface area contributed by atoms with Crippen molar-refractivity contribution in [3.63, 3.8) is 0 Å². The molecule has 574 valence electrons. The summed E-state index contributed by atoms with van der Waals surface area (Å²) in [6.07, 6.45) is 17.1. The fourth-order valence-electron chi connectivity index (χ4n) is 14.3. The van der Waals surface area contributed by atoms with Crippen LogP contribution in [0.1, 0.15) is 165 Å². The van der Waals surface area contributed by atoms with Gasteiger partial charge in [-0.1, -0.05) is 116 Å². The van der Waals surface area contributed by atoms with Gasteiger partial charge in [-0.2, -0.15) is 15.3 Å². The Hall–Kier alpha value is -15.2. The van der Waals surface area contributed by atoms with E-state index in [9.17, 15) is 33.6 Å². The first kappa shape index (κ1) is 76.2. The van der Waals surface area contributed by atoms with Crippen molar-refractivity contribution in [2.24, 2.45) is 20.0 Å². The number of hydrogen-bond acceptors (Lipinski definition) is 14. The van der Waals surface area contributed by atoms with E-state index < -0.39 is 18.1 Å². The van der Waals surface area contributed by atoms with Crippen LogP contribution in [-0.4, -0.2) is 89.3 Å². The predicted molar refractivity (Wildman–Crippen MR) is 445 cm³/mol. The van der Waals surface area contributed by atoms with E-state index in [1.807, 2.05) is 178 Å². The van der Waals surface area contributed by atoms with Crippen LogP contribution < -0.4 is 38.2 Å². The summed E-state index contributed by atoms with van der Waals surface area (Å²) in [6.45, 7) is 15.0. The van der Waals surface area contributed by atoms with Gasteiger partial charge < -0.3 is 29.7 Å². The molecule has 0 unspecified atom stereocenters. The smallest absolute Gasteiger partial charge is 0.264 e. The summed E-state index contributed by atoms with van der Waals surface area (Å²) in [5.41, 5.74) is 10.5. The molecule has 11 heterocycles. The minimum Gasteiger partial charge on any atom is -0.344 e. The lowest BCUT2D eigenvalue weighted by Crippen LogP contribution is -2.32. The second-order valence-corrected chi connectivity index (χ2v) is 28.7. The highest BCUT2D eigenvalue weighted by Crippen LogP contribution is 2.37. The van der Waals surface area contributed by atoms with E-state index in [1.165, 1.54) is 10.6 Å². The Morgan fingerprint density at radius 2 is 0.862 bits per heavy atom. The molecule has 0 aliphatic heterocycles. The molecule has 17 rings (SSSR count). The molecule has 1 fully saturated rings. The number of pyridine rings is 4. The third kappa shape index (κ3) is 15.3. The molecule has 1 aliphatic carbocycles. The van der Waals surface area contributed by atoms with E-state index in [1.54, 1.807) is 137 Å². The molecule has 16 aromatic rings. The molecule has 0 bridgehead atoms. The van der Waals surface area contributed by atoms with Gasteiger partial charge in [-0.05, 0) is 161 Å². The number of aromatic nitrogens is 15. The SMILES string of the molecule is Cc1nn2cccnc2c1C(=O)N[C@@H](C)c1cc2cccc(C#CC(C)C)c2c(=O)n1-c1ccccc1.Cc1nn2cccnc2c1C(=O)N[C@@H](C)c1cc2cccc(C#Cc3ccc(=O)n(C)c3)c2c(=O)n1-c1ccccc1.Cc1nn2cccnc2c1C(=O)N[C@@H](C)c1cc2cccc(C#Cc3cncn3C)c2c(=O)n1C1CC1. The molecule has 25 heteroatoms. The molecule has 0 saturated heterocycles. The Labute approximate surface area is 664 Å². The Kier molecular flexibility index (Phi) is 21.2. The maximum atomic E-state index is 14.2. The molecule has 25 nitrogen and oxygen atoms in total. The maximum absolute atomic E-state index is 14.2. The highest BCUT2D eigenvalue weighted by atomic mass is 16.2. The zero-order valence-corrected chi connectivity index (χ0v) is 65.2. The standard InChI is InChI=1S/C33H26N6O3.C30H27N5O2.C28H25N7O2/c1-21(35-32(41)29-22(2)36-38-18-8-17-34-31(29)38)27-19-25-10-7-9-24(15-13-23-14-16-28(40)37(3)20-23)30(25)33(42)39(27)26-11-5-4-6-12-26;1-19(2)14-15-22-10-8-11-23-18-25(35(30(37)27(22)23)24-12-6-5-7-13-24)20(3)32-29(36)26-21(4)33-34-17-9-16-31-28(26)34;1-17(31-27(36)24-18(2)32-34-13-5-12-30-26(24)34)23-14-20-7-4-6-19(8-9-22-15-29-16-33(22)3)25(20)28(37)35(23)21-10-11-21/h4-12,14,16-21H,1-3H3,(H,35,41);5-13,16-20H,1-4H3,(H,32,36);4-7,12-17,21H,10-11H2,1-3H3,(H,31,36)/t21-;20-;17-/m000/s1. The topological polar surface area (TPSA) is 284 Å². The molecule has 116 heavy (non-hydrogen) atoms. The molecule has 0 spiro atoms. The molecule has 11 aromatic heterocycles. The minimum atomic E-state index is -0.548. The number of aryl methyl sites for hydroxylation is 5. The Balaban J connectivity index is 0.000000137. The molecule has 3 N–H and O–H groups in total. The zero-order chi connectivity index (χ0) is 81.2. The van der Waals surface area contributed by atoms with Crippen LogP contribution in [0.5, 0.6) is 0 Å². The van der Waals surface area contributed by atoms with Crippen LogP contribution in [-0.2, 0) is 14.1 Å². The number of hydrogen-bond donors (Lipinski definition) is 3. The van der Waals surface area contributed by atoms with Crippen molar-refractivity contribution in [3.8, 4) is 46.9 Å². The number of imidazole rings is 1. The van der Waals surface area contributed by atoms with E-state index >= 15 is 0 Å². The summed E-state index contributed by atoms with van der Waals surface area (Å²) in [5, 5.41) is 26.3.